The highest BCUT2D eigenvalue weighted by molar-refractivity contribution is 4.91. The lowest BCUT2D eigenvalue weighted by Gasteiger charge is -2.33. The lowest BCUT2D eigenvalue weighted by atomic mass is 10.3. The van der Waals surface area contributed by atoms with Gasteiger partial charge in [-0.05, 0) is 12.8 Å². The van der Waals surface area contributed by atoms with Crippen molar-refractivity contribution in [2.45, 2.75) is 25.7 Å². The van der Waals surface area contributed by atoms with Gasteiger partial charge in [-0.2, -0.15) is 9.04 Å². The molecule has 1 unspecified atom stereocenters. The van der Waals surface area contributed by atoms with Crippen molar-refractivity contribution < 1.29 is 23.7 Å². The third-order valence-corrected chi connectivity index (χ3v) is 4.08. The molecule has 1 aromatic rings. The molecular weight excluding hydrogens is 297 g/mol. The van der Waals surface area contributed by atoms with Gasteiger partial charge in [0.15, 0.2) is 6.67 Å². The van der Waals surface area contributed by atoms with Gasteiger partial charge >= 0.3 is 5.69 Å². The monoisotopic (exact) mass is 316 g/mol. The van der Waals surface area contributed by atoms with E-state index in [0.29, 0.717) is 26.2 Å². The van der Waals surface area contributed by atoms with Crippen LogP contribution in [0.25, 0.3) is 0 Å². The largest absolute Gasteiger partial charge is 0.370 e. The van der Waals surface area contributed by atoms with Crippen molar-refractivity contribution in [1.82, 2.24) is 9.13 Å². The van der Waals surface area contributed by atoms with Crippen LogP contribution in [0.5, 0.6) is 0 Å². The number of rotatable bonds is 3. The van der Waals surface area contributed by atoms with Crippen LogP contribution >= 0.6 is 0 Å². The van der Waals surface area contributed by atoms with Crippen LogP contribution in [-0.2, 0) is 16.1 Å². The molecule has 2 fully saturated rings. The van der Waals surface area contributed by atoms with Crippen LogP contribution in [0, 0.1) is 5.82 Å². The molecule has 0 saturated carbocycles. The minimum absolute atomic E-state index is 0.238. The Kier molecular flexibility index (Phi) is 4.13. The zero-order valence-corrected chi connectivity index (χ0v) is 12.1. The van der Waals surface area contributed by atoms with E-state index in [2.05, 4.69) is 0 Å². The van der Waals surface area contributed by atoms with Crippen molar-refractivity contribution >= 4 is 0 Å². The molecule has 22 heavy (non-hydrogen) atoms. The van der Waals surface area contributed by atoms with E-state index in [1.807, 2.05) is 0 Å². The Balaban J connectivity index is 1.99. The third kappa shape index (κ3) is 2.84. The predicted molar refractivity (Wildman–Crippen MR) is 71.7 cm³/mol. The van der Waals surface area contributed by atoms with Crippen molar-refractivity contribution in [1.29, 1.82) is 0 Å². The summed E-state index contributed by atoms with van der Waals surface area (Å²) in [5.41, 5.74) is -1.70. The zero-order valence-electron chi connectivity index (χ0n) is 12.1. The van der Waals surface area contributed by atoms with Gasteiger partial charge in [-0.3, -0.25) is 9.36 Å². The summed E-state index contributed by atoms with van der Waals surface area (Å²) >= 11 is 0. The molecule has 1 atom stereocenters. The van der Waals surface area contributed by atoms with Crippen LogP contribution in [-0.4, -0.2) is 51.9 Å². The van der Waals surface area contributed by atoms with Crippen molar-refractivity contribution in [2.75, 3.05) is 32.9 Å². The molecule has 2 saturated heterocycles. The van der Waals surface area contributed by atoms with E-state index < -0.39 is 27.9 Å². The van der Waals surface area contributed by atoms with Crippen LogP contribution in [0.1, 0.15) is 19.1 Å². The molecule has 1 aromatic heterocycles. The fourth-order valence-electron chi connectivity index (χ4n) is 2.79. The van der Waals surface area contributed by atoms with Crippen LogP contribution in [0.15, 0.2) is 15.8 Å². The summed E-state index contributed by atoms with van der Waals surface area (Å²) in [7, 11) is 0. The van der Waals surface area contributed by atoms with Gasteiger partial charge in [-0.25, -0.2) is 14.6 Å². The fraction of sp³-hybridized carbons (Fsp3) is 0.692. The van der Waals surface area contributed by atoms with Gasteiger partial charge in [0.2, 0.25) is 5.82 Å². The molecular formula is C13H19FN3O5+. The normalized spacial score (nSPS) is 24.5. The number of hydroxylamine groups is 3. The van der Waals surface area contributed by atoms with Crippen LogP contribution < -0.4 is 11.2 Å². The number of aromatic nitrogens is 2. The molecule has 0 aromatic carbocycles. The summed E-state index contributed by atoms with van der Waals surface area (Å²) < 4.78 is 25.7. The van der Waals surface area contributed by atoms with Gasteiger partial charge in [-0.1, -0.05) is 0 Å². The first-order valence-electron chi connectivity index (χ1n) is 7.30. The Morgan fingerprint density at radius 1 is 1.32 bits per heavy atom. The van der Waals surface area contributed by atoms with Crippen molar-refractivity contribution in [3.05, 3.63) is 32.9 Å². The zero-order chi connectivity index (χ0) is 15.7. The molecule has 8 nitrogen and oxygen atoms in total. The minimum Gasteiger partial charge on any atom is -0.370 e. The van der Waals surface area contributed by atoms with Crippen molar-refractivity contribution in [2.24, 2.45) is 0 Å². The smallest absolute Gasteiger partial charge is 0.337 e. The second-order valence-electron chi connectivity index (χ2n) is 5.66. The average molecular weight is 316 g/mol. The van der Waals surface area contributed by atoms with E-state index in [1.54, 1.807) is 0 Å². The van der Waals surface area contributed by atoms with E-state index in [9.17, 15) is 19.2 Å². The van der Waals surface area contributed by atoms with Crippen molar-refractivity contribution in [3.8, 4) is 0 Å². The number of halogens is 1. The highest BCUT2D eigenvalue weighted by atomic mass is 19.1. The van der Waals surface area contributed by atoms with E-state index in [0.717, 1.165) is 21.8 Å². The van der Waals surface area contributed by atoms with Gasteiger partial charge in [-0.15, -0.1) is 0 Å². The van der Waals surface area contributed by atoms with Gasteiger partial charge in [0.25, 0.3) is 5.56 Å². The Morgan fingerprint density at radius 2 is 2.05 bits per heavy atom. The first kappa shape index (κ1) is 15.3. The Morgan fingerprint density at radius 3 is 2.68 bits per heavy atom. The lowest BCUT2D eigenvalue weighted by Crippen LogP contribution is -2.57. The third-order valence-electron chi connectivity index (χ3n) is 4.08. The summed E-state index contributed by atoms with van der Waals surface area (Å²) in [6.07, 6.45) is 1.68. The number of morpholine rings is 1. The van der Waals surface area contributed by atoms with Crippen LogP contribution in [0.4, 0.5) is 4.39 Å². The second-order valence-corrected chi connectivity index (χ2v) is 5.66. The molecule has 9 heteroatoms. The van der Waals surface area contributed by atoms with E-state index in [1.165, 1.54) is 0 Å². The molecule has 0 radical (unpaired) electrons. The average Bonchev–Trinajstić information content (AvgIpc) is 3.02. The van der Waals surface area contributed by atoms with Crippen molar-refractivity contribution in [3.63, 3.8) is 0 Å². The van der Waals surface area contributed by atoms with Gasteiger partial charge < -0.3 is 9.47 Å². The Labute approximate surface area is 125 Å². The summed E-state index contributed by atoms with van der Waals surface area (Å²) in [6, 6.07) is 0. The predicted octanol–water partition coefficient (Wildman–Crippen LogP) is -0.348. The highest BCUT2D eigenvalue weighted by Crippen LogP contribution is 2.20. The van der Waals surface area contributed by atoms with E-state index in [-0.39, 0.29) is 19.8 Å². The fourth-order valence-corrected chi connectivity index (χ4v) is 2.79. The number of hydrogen-bond acceptors (Lipinski definition) is 5. The maximum absolute atomic E-state index is 13.9. The molecule has 0 amide bonds. The standard InChI is InChI=1S/C13H19FN3O5/c14-10-8-15(11-2-1-5-22-11)13(19)16(12(10)18)9-17(20)3-6-21-7-4-17/h8,11,20H,1-7,9H2/q+1. The summed E-state index contributed by atoms with van der Waals surface area (Å²) in [6.45, 7) is 1.31. The number of ether oxygens (including phenoxy) is 2. The highest BCUT2D eigenvalue weighted by Gasteiger charge is 2.32. The quantitative estimate of drug-likeness (QED) is 0.771. The summed E-state index contributed by atoms with van der Waals surface area (Å²) in [5.74, 6) is -1.03. The second kappa shape index (κ2) is 5.92. The maximum atomic E-state index is 13.9. The van der Waals surface area contributed by atoms with Gasteiger partial charge in [0.1, 0.15) is 19.3 Å². The molecule has 0 aliphatic carbocycles. The molecule has 0 bridgehead atoms. The molecule has 122 valence electrons. The van der Waals surface area contributed by atoms with Gasteiger partial charge in [0.05, 0.1) is 19.4 Å². The minimum atomic E-state index is -1.03. The van der Waals surface area contributed by atoms with Crippen LogP contribution in [0.2, 0.25) is 0 Å². The summed E-state index contributed by atoms with van der Waals surface area (Å²) in [5, 5.41) is 10.4. The van der Waals surface area contributed by atoms with E-state index >= 15 is 0 Å². The number of nitrogens with zero attached hydrogens (tertiary/aromatic N) is 3. The Hall–Kier alpha value is -1.55. The van der Waals surface area contributed by atoms with E-state index in [4.69, 9.17) is 9.47 Å². The topological polar surface area (TPSA) is 82.7 Å². The molecule has 3 heterocycles. The van der Waals surface area contributed by atoms with Gasteiger partial charge in [0, 0.05) is 6.61 Å². The number of quaternary nitrogens is 1. The Bertz CT molecular complexity index is 659. The first-order valence-corrected chi connectivity index (χ1v) is 7.30. The molecule has 2 aliphatic heterocycles. The molecule has 2 aliphatic rings. The first-order chi connectivity index (χ1) is 10.5. The van der Waals surface area contributed by atoms with Crippen LogP contribution in [0.3, 0.4) is 0 Å². The lowest BCUT2D eigenvalue weighted by molar-refractivity contribution is -1.12. The number of hydrogen-bond donors (Lipinski definition) is 1. The molecule has 1 N–H and O–H groups in total. The molecule has 0 spiro atoms. The molecule has 3 rings (SSSR count). The maximum Gasteiger partial charge on any atom is 0.337 e. The SMILES string of the molecule is O=c1c(F)cn(C2CCCO2)c(=O)n1C[N+]1(O)CCOCC1. The summed E-state index contributed by atoms with van der Waals surface area (Å²) in [4.78, 5) is 24.4.